The summed E-state index contributed by atoms with van der Waals surface area (Å²) in [6, 6.07) is 12.5. The van der Waals surface area contributed by atoms with Crippen molar-refractivity contribution < 1.29 is 4.79 Å². The molecule has 1 aliphatic rings. The molecular formula is C20H21BrN4O. The van der Waals surface area contributed by atoms with Gasteiger partial charge in [-0.15, -0.1) is 0 Å². The molecule has 2 aromatic heterocycles. The number of pyridine rings is 1. The highest BCUT2D eigenvalue weighted by molar-refractivity contribution is 9.10. The molecule has 0 radical (unpaired) electrons. The number of fused-ring (bicyclic) bond motifs is 1. The second kappa shape index (κ2) is 7.21. The van der Waals surface area contributed by atoms with Crippen LogP contribution >= 0.6 is 15.9 Å². The van der Waals surface area contributed by atoms with E-state index >= 15 is 0 Å². The van der Waals surface area contributed by atoms with Crippen LogP contribution < -0.4 is 10.2 Å². The van der Waals surface area contributed by atoms with Crippen LogP contribution in [-0.4, -0.2) is 21.8 Å². The minimum atomic E-state index is 0.205. The number of halogens is 1. The standard InChI is InChI=1S/C20H21BrN4O/c1-14(15-4-7-17(8-5-15)24-10-2-3-20(24)26)22-11-18-12-23-19-9-6-16(21)13-25(18)19/h4-9,12-14,22H,2-3,10-11H2,1H3. The van der Waals surface area contributed by atoms with Gasteiger partial charge in [-0.3, -0.25) is 4.79 Å². The summed E-state index contributed by atoms with van der Waals surface area (Å²) >= 11 is 3.51. The highest BCUT2D eigenvalue weighted by Crippen LogP contribution is 2.24. The second-order valence-corrected chi connectivity index (χ2v) is 7.58. The average molecular weight is 413 g/mol. The Morgan fingerprint density at radius 3 is 2.77 bits per heavy atom. The van der Waals surface area contributed by atoms with Crippen LogP contribution in [0.2, 0.25) is 0 Å². The Hall–Kier alpha value is -2.18. The molecule has 0 bridgehead atoms. The van der Waals surface area contributed by atoms with E-state index in [1.165, 1.54) is 5.56 Å². The fourth-order valence-corrected chi connectivity index (χ4v) is 3.71. The van der Waals surface area contributed by atoms with Crippen LogP contribution in [-0.2, 0) is 11.3 Å². The zero-order valence-electron chi connectivity index (χ0n) is 14.7. The molecule has 3 aromatic rings. The first-order chi connectivity index (χ1) is 12.6. The summed E-state index contributed by atoms with van der Waals surface area (Å²) in [6.07, 6.45) is 5.55. The van der Waals surface area contributed by atoms with Crippen molar-refractivity contribution in [2.45, 2.75) is 32.4 Å². The lowest BCUT2D eigenvalue weighted by Gasteiger charge is -2.18. The number of nitrogens with one attached hydrogen (secondary N) is 1. The lowest BCUT2D eigenvalue weighted by atomic mass is 10.1. The minimum Gasteiger partial charge on any atom is -0.312 e. The van der Waals surface area contributed by atoms with Crippen LogP contribution in [0.15, 0.2) is 53.3 Å². The molecule has 0 saturated carbocycles. The molecule has 3 heterocycles. The van der Waals surface area contributed by atoms with Crippen LogP contribution in [0.25, 0.3) is 5.65 Å². The first kappa shape index (κ1) is 17.2. The zero-order chi connectivity index (χ0) is 18.1. The molecule has 0 spiro atoms. The molecule has 1 amide bonds. The van der Waals surface area contributed by atoms with Crippen molar-refractivity contribution in [3.63, 3.8) is 0 Å². The Kier molecular flexibility index (Phi) is 4.78. The number of carbonyl (C=O) groups is 1. The van der Waals surface area contributed by atoms with Gasteiger partial charge in [-0.25, -0.2) is 4.98 Å². The molecule has 1 saturated heterocycles. The van der Waals surface area contributed by atoms with E-state index in [0.717, 1.165) is 41.0 Å². The molecule has 0 aliphatic carbocycles. The third-order valence-corrected chi connectivity index (χ3v) is 5.38. The second-order valence-electron chi connectivity index (χ2n) is 6.67. The number of carbonyl (C=O) groups excluding carboxylic acids is 1. The largest absolute Gasteiger partial charge is 0.312 e. The number of hydrogen-bond donors (Lipinski definition) is 1. The molecule has 6 heteroatoms. The Morgan fingerprint density at radius 2 is 2.04 bits per heavy atom. The van der Waals surface area contributed by atoms with Gasteiger partial charge in [0, 0.05) is 41.9 Å². The van der Waals surface area contributed by atoms with E-state index in [9.17, 15) is 4.79 Å². The van der Waals surface area contributed by atoms with Crippen LogP contribution in [0.5, 0.6) is 0 Å². The fraction of sp³-hybridized carbons (Fsp3) is 0.300. The molecule has 1 fully saturated rings. The van der Waals surface area contributed by atoms with Gasteiger partial charge in [-0.1, -0.05) is 12.1 Å². The lowest BCUT2D eigenvalue weighted by Crippen LogP contribution is -2.24. The molecule has 26 heavy (non-hydrogen) atoms. The van der Waals surface area contributed by atoms with Crippen molar-refractivity contribution in [1.29, 1.82) is 0 Å². The number of benzene rings is 1. The number of anilines is 1. The fourth-order valence-electron chi connectivity index (χ4n) is 3.38. The average Bonchev–Trinajstić information content (AvgIpc) is 3.25. The van der Waals surface area contributed by atoms with Gasteiger partial charge >= 0.3 is 0 Å². The van der Waals surface area contributed by atoms with Crippen molar-refractivity contribution in [3.8, 4) is 0 Å². The maximum Gasteiger partial charge on any atom is 0.227 e. The van der Waals surface area contributed by atoms with Crippen LogP contribution in [0.1, 0.15) is 37.1 Å². The van der Waals surface area contributed by atoms with Gasteiger partial charge in [-0.05, 0) is 59.1 Å². The van der Waals surface area contributed by atoms with Gasteiger partial charge in [0.05, 0.1) is 11.9 Å². The molecular weight excluding hydrogens is 392 g/mol. The monoisotopic (exact) mass is 412 g/mol. The van der Waals surface area contributed by atoms with E-state index in [1.54, 1.807) is 0 Å². The van der Waals surface area contributed by atoms with Gasteiger partial charge < -0.3 is 14.6 Å². The number of amides is 1. The predicted octanol–water partition coefficient (Wildman–Crippen LogP) is 4.07. The summed E-state index contributed by atoms with van der Waals surface area (Å²) < 4.78 is 3.12. The van der Waals surface area contributed by atoms with Gasteiger partial charge in [0.2, 0.25) is 5.91 Å². The molecule has 134 valence electrons. The normalized spacial score (nSPS) is 15.8. The molecule has 1 unspecified atom stereocenters. The van der Waals surface area contributed by atoms with E-state index in [-0.39, 0.29) is 11.9 Å². The first-order valence-corrected chi connectivity index (χ1v) is 9.66. The minimum absolute atomic E-state index is 0.205. The first-order valence-electron chi connectivity index (χ1n) is 8.87. The number of hydrogen-bond acceptors (Lipinski definition) is 3. The van der Waals surface area contributed by atoms with Gasteiger partial charge in [0.15, 0.2) is 0 Å². The van der Waals surface area contributed by atoms with Crippen molar-refractivity contribution in [1.82, 2.24) is 14.7 Å². The summed E-state index contributed by atoms with van der Waals surface area (Å²) in [5, 5.41) is 3.55. The van der Waals surface area contributed by atoms with Gasteiger partial charge in [-0.2, -0.15) is 0 Å². The zero-order valence-corrected chi connectivity index (χ0v) is 16.2. The van der Waals surface area contributed by atoms with Gasteiger partial charge in [0.25, 0.3) is 0 Å². The summed E-state index contributed by atoms with van der Waals surface area (Å²) in [5.41, 5.74) is 4.26. The molecule has 4 rings (SSSR count). The maximum atomic E-state index is 11.9. The van der Waals surface area contributed by atoms with Crippen molar-refractivity contribution >= 4 is 33.2 Å². The molecule has 1 atom stereocenters. The van der Waals surface area contributed by atoms with E-state index in [2.05, 4.69) is 49.7 Å². The Labute approximate surface area is 161 Å². The van der Waals surface area contributed by atoms with Crippen LogP contribution in [0, 0.1) is 0 Å². The number of imidazole rings is 1. The summed E-state index contributed by atoms with van der Waals surface area (Å²) in [6.45, 7) is 3.70. The van der Waals surface area contributed by atoms with Crippen molar-refractivity contribution in [3.05, 3.63) is 64.5 Å². The Bertz CT molecular complexity index is 935. The Balaban J connectivity index is 1.43. The maximum absolute atomic E-state index is 11.9. The molecule has 1 aromatic carbocycles. The summed E-state index contributed by atoms with van der Waals surface area (Å²) in [4.78, 5) is 18.2. The Morgan fingerprint density at radius 1 is 1.23 bits per heavy atom. The quantitative estimate of drug-likeness (QED) is 0.686. The predicted molar refractivity (Wildman–Crippen MR) is 106 cm³/mol. The molecule has 1 aliphatic heterocycles. The van der Waals surface area contributed by atoms with E-state index < -0.39 is 0 Å². The van der Waals surface area contributed by atoms with E-state index in [0.29, 0.717) is 6.42 Å². The highest BCUT2D eigenvalue weighted by Gasteiger charge is 2.21. The van der Waals surface area contributed by atoms with E-state index in [4.69, 9.17) is 0 Å². The third kappa shape index (κ3) is 3.39. The topological polar surface area (TPSA) is 49.6 Å². The van der Waals surface area contributed by atoms with Crippen molar-refractivity contribution in [2.75, 3.05) is 11.4 Å². The number of aromatic nitrogens is 2. The van der Waals surface area contributed by atoms with Gasteiger partial charge in [0.1, 0.15) is 5.65 Å². The molecule has 1 N–H and O–H groups in total. The van der Waals surface area contributed by atoms with Crippen molar-refractivity contribution in [2.24, 2.45) is 0 Å². The number of nitrogens with zero attached hydrogens (tertiary/aromatic N) is 3. The number of rotatable bonds is 5. The lowest BCUT2D eigenvalue weighted by molar-refractivity contribution is -0.117. The van der Waals surface area contributed by atoms with Crippen LogP contribution in [0.4, 0.5) is 5.69 Å². The van der Waals surface area contributed by atoms with Crippen LogP contribution in [0.3, 0.4) is 0 Å². The third-order valence-electron chi connectivity index (χ3n) is 4.91. The highest BCUT2D eigenvalue weighted by atomic mass is 79.9. The summed E-state index contributed by atoms with van der Waals surface area (Å²) in [5.74, 6) is 0.225. The molecule has 5 nitrogen and oxygen atoms in total. The smallest absolute Gasteiger partial charge is 0.227 e. The van der Waals surface area contributed by atoms with E-state index in [1.807, 2.05) is 41.6 Å². The summed E-state index contributed by atoms with van der Waals surface area (Å²) in [7, 11) is 0. The SMILES string of the molecule is CC(NCc1cnc2ccc(Br)cn12)c1ccc(N2CCCC2=O)cc1.